The Labute approximate surface area is 102 Å². The van der Waals surface area contributed by atoms with Crippen molar-refractivity contribution in [2.75, 3.05) is 0 Å². The van der Waals surface area contributed by atoms with Crippen LogP contribution < -0.4 is 11.3 Å². The van der Waals surface area contributed by atoms with Gasteiger partial charge in [-0.2, -0.15) is 0 Å². The molecule has 3 N–H and O–H groups in total. The molecule has 3 nitrogen and oxygen atoms in total. The molecular weight excluding hydrogens is 255 g/mol. The molecule has 0 aromatic heterocycles. The van der Waals surface area contributed by atoms with Crippen LogP contribution in [0.3, 0.4) is 0 Å². The molecule has 6 heteroatoms. The Balaban J connectivity index is 2.85. The zero-order chi connectivity index (χ0) is 11.4. The van der Waals surface area contributed by atoms with E-state index in [1.54, 1.807) is 25.1 Å². The number of amides is 1. The second-order valence-corrected chi connectivity index (χ2v) is 4.98. The lowest BCUT2D eigenvalue weighted by Gasteiger charge is -2.11. The fourth-order valence-corrected chi connectivity index (χ4v) is 2.50. The molecule has 0 radical (unpaired) electrons. The second kappa shape index (κ2) is 5.61. The van der Waals surface area contributed by atoms with E-state index in [1.165, 1.54) is 11.8 Å². The Kier molecular flexibility index (Phi) is 4.73. The SMILES string of the molecule is CC(Sc1c(Cl)cccc1Cl)C(=O)NN. The first-order valence-corrected chi connectivity index (χ1v) is 5.81. The van der Waals surface area contributed by atoms with Crippen LogP contribution in [0.1, 0.15) is 6.92 Å². The number of thioether (sulfide) groups is 1. The third-order valence-corrected chi connectivity index (χ3v) is 3.82. The first-order valence-electron chi connectivity index (χ1n) is 4.17. The smallest absolute Gasteiger partial charge is 0.247 e. The topological polar surface area (TPSA) is 55.1 Å². The summed E-state index contributed by atoms with van der Waals surface area (Å²) in [5, 5.41) is 0.723. The third kappa shape index (κ3) is 3.28. The van der Waals surface area contributed by atoms with Gasteiger partial charge in [-0.15, -0.1) is 11.8 Å². The van der Waals surface area contributed by atoms with Gasteiger partial charge >= 0.3 is 0 Å². The molecule has 0 aliphatic carbocycles. The molecule has 0 saturated heterocycles. The molecule has 1 aromatic rings. The number of rotatable bonds is 3. The van der Waals surface area contributed by atoms with Crippen LogP contribution in [0.25, 0.3) is 0 Å². The summed E-state index contributed by atoms with van der Waals surface area (Å²) >= 11 is 13.2. The summed E-state index contributed by atoms with van der Waals surface area (Å²) in [6.45, 7) is 1.73. The van der Waals surface area contributed by atoms with Crippen LogP contribution in [0.5, 0.6) is 0 Å². The number of nitrogens with one attached hydrogen (secondary N) is 1. The van der Waals surface area contributed by atoms with E-state index in [-0.39, 0.29) is 11.2 Å². The van der Waals surface area contributed by atoms with Gasteiger partial charge in [0.2, 0.25) is 5.91 Å². The maximum atomic E-state index is 11.2. The average molecular weight is 265 g/mol. The fraction of sp³-hybridized carbons (Fsp3) is 0.222. The van der Waals surface area contributed by atoms with Crippen molar-refractivity contribution in [3.63, 3.8) is 0 Å². The van der Waals surface area contributed by atoms with E-state index in [9.17, 15) is 4.79 Å². The molecule has 1 amide bonds. The third-order valence-electron chi connectivity index (χ3n) is 1.73. The van der Waals surface area contributed by atoms with Crippen molar-refractivity contribution in [2.45, 2.75) is 17.1 Å². The molecule has 0 aliphatic heterocycles. The van der Waals surface area contributed by atoms with Gasteiger partial charge in [0.1, 0.15) is 0 Å². The molecule has 1 rings (SSSR count). The van der Waals surface area contributed by atoms with Crippen LogP contribution in [0, 0.1) is 0 Å². The highest BCUT2D eigenvalue weighted by atomic mass is 35.5. The van der Waals surface area contributed by atoms with Crippen LogP contribution in [0.2, 0.25) is 10.0 Å². The van der Waals surface area contributed by atoms with Gasteiger partial charge in [-0.25, -0.2) is 5.84 Å². The van der Waals surface area contributed by atoms with Gasteiger partial charge in [0, 0.05) is 4.90 Å². The minimum Gasteiger partial charge on any atom is -0.293 e. The molecule has 0 fully saturated rings. The van der Waals surface area contributed by atoms with Crippen LogP contribution in [0.15, 0.2) is 23.1 Å². The lowest BCUT2D eigenvalue weighted by atomic mass is 10.4. The minimum atomic E-state index is -0.340. The lowest BCUT2D eigenvalue weighted by Crippen LogP contribution is -2.36. The van der Waals surface area contributed by atoms with Gasteiger partial charge < -0.3 is 0 Å². The quantitative estimate of drug-likeness (QED) is 0.382. The Morgan fingerprint density at radius 2 is 2.00 bits per heavy atom. The van der Waals surface area contributed by atoms with E-state index in [0.29, 0.717) is 14.9 Å². The van der Waals surface area contributed by atoms with Crippen molar-refractivity contribution >= 4 is 40.9 Å². The fourth-order valence-electron chi connectivity index (χ4n) is 0.943. The van der Waals surface area contributed by atoms with E-state index in [2.05, 4.69) is 5.43 Å². The van der Waals surface area contributed by atoms with Crippen molar-refractivity contribution in [1.82, 2.24) is 5.43 Å². The first kappa shape index (κ1) is 12.6. The summed E-state index contributed by atoms with van der Waals surface area (Å²) in [4.78, 5) is 11.9. The number of carbonyl (C=O) groups excluding carboxylic acids is 1. The summed E-state index contributed by atoms with van der Waals surface area (Å²) in [5.41, 5.74) is 2.08. The predicted molar refractivity (Wildman–Crippen MR) is 64.1 cm³/mol. The highest BCUT2D eigenvalue weighted by Gasteiger charge is 2.16. The summed E-state index contributed by atoms with van der Waals surface area (Å²) < 4.78 is 0. The van der Waals surface area contributed by atoms with Crippen molar-refractivity contribution in [3.8, 4) is 0 Å². The Bertz CT molecular complexity index is 353. The Hall–Kier alpha value is -0.420. The highest BCUT2D eigenvalue weighted by molar-refractivity contribution is 8.00. The lowest BCUT2D eigenvalue weighted by molar-refractivity contribution is -0.120. The molecule has 0 saturated carbocycles. The van der Waals surface area contributed by atoms with Crippen LogP contribution >= 0.6 is 35.0 Å². The number of nitrogens with two attached hydrogens (primary N) is 1. The van der Waals surface area contributed by atoms with Crippen molar-refractivity contribution in [1.29, 1.82) is 0 Å². The molecule has 0 heterocycles. The van der Waals surface area contributed by atoms with E-state index < -0.39 is 0 Å². The number of benzene rings is 1. The predicted octanol–water partition coefficient (Wildman–Crippen LogP) is 2.46. The summed E-state index contributed by atoms with van der Waals surface area (Å²) in [6.07, 6.45) is 0. The van der Waals surface area contributed by atoms with Gasteiger partial charge in [0.05, 0.1) is 15.3 Å². The molecule has 1 atom stereocenters. The van der Waals surface area contributed by atoms with E-state index >= 15 is 0 Å². The number of carbonyl (C=O) groups is 1. The largest absolute Gasteiger partial charge is 0.293 e. The molecule has 1 unspecified atom stereocenters. The molecular formula is C9H10Cl2N2OS. The molecule has 0 aliphatic rings. The number of hydrogen-bond donors (Lipinski definition) is 2. The van der Waals surface area contributed by atoms with E-state index in [4.69, 9.17) is 29.0 Å². The molecule has 0 spiro atoms. The Morgan fingerprint density at radius 1 is 1.47 bits per heavy atom. The highest BCUT2D eigenvalue weighted by Crippen LogP contribution is 2.36. The Morgan fingerprint density at radius 3 is 2.47 bits per heavy atom. The van der Waals surface area contributed by atoms with E-state index in [1.807, 2.05) is 0 Å². The average Bonchev–Trinajstić information content (AvgIpc) is 2.22. The van der Waals surface area contributed by atoms with Crippen molar-refractivity contribution in [2.24, 2.45) is 5.84 Å². The maximum Gasteiger partial charge on any atom is 0.247 e. The van der Waals surface area contributed by atoms with Gasteiger partial charge in [-0.05, 0) is 19.1 Å². The second-order valence-electron chi connectivity index (χ2n) is 2.82. The maximum absolute atomic E-state index is 11.2. The standard InChI is InChI=1S/C9H10Cl2N2OS/c1-5(9(14)13-12)15-8-6(10)3-2-4-7(8)11/h2-5H,12H2,1H3,(H,13,14). The minimum absolute atomic E-state index is 0.268. The zero-order valence-corrected chi connectivity index (χ0v) is 10.3. The van der Waals surface area contributed by atoms with Crippen LogP contribution in [-0.2, 0) is 4.79 Å². The zero-order valence-electron chi connectivity index (χ0n) is 7.96. The van der Waals surface area contributed by atoms with Crippen LogP contribution in [-0.4, -0.2) is 11.2 Å². The van der Waals surface area contributed by atoms with E-state index in [0.717, 1.165) is 0 Å². The van der Waals surface area contributed by atoms with Gasteiger partial charge in [-0.3, -0.25) is 10.2 Å². The summed E-state index contributed by atoms with van der Waals surface area (Å²) in [5.74, 6) is 4.76. The molecule has 0 bridgehead atoms. The molecule has 1 aromatic carbocycles. The summed E-state index contributed by atoms with van der Waals surface area (Å²) in [6, 6.07) is 5.20. The van der Waals surface area contributed by atoms with Crippen molar-refractivity contribution in [3.05, 3.63) is 28.2 Å². The van der Waals surface area contributed by atoms with Gasteiger partial charge in [-0.1, -0.05) is 29.3 Å². The number of hydrazine groups is 1. The summed E-state index contributed by atoms with van der Waals surface area (Å²) in [7, 11) is 0. The first-order chi connectivity index (χ1) is 7.06. The normalized spacial score (nSPS) is 12.3. The van der Waals surface area contributed by atoms with Gasteiger partial charge in [0.25, 0.3) is 0 Å². The molecule has 82 valence electrons. The van der Waals surface area contributed by atoms with Crippen molar-refractivity contribution < 1.29 is 4.79 Å². The molecule has 15 heavy (non-hydrogen) atoms. The number of hydrogen-bond acceptors (Lipinski definition) is 3. The van der Waals surface area contributed by atoms with Crippen LogP contribution in [0.4, 0.5) is 0 Å². The monoisotopic (exact) mass is 264 g/mol. The van der Waals surface area contributed by atoms with Gasteiger partial charge in [0.15, 0.2) is 0 Å². The number of halogens is 2.